The highest BCUT2D eigenvalue weighted by molar-refractivity contribution is 5.91. The van der Waals surface area contributed by atoms with Gasteiger partial charge in [0.25, 0.3) is 5.91 Å². The van der Waals surface area contributed by atoms with Crippen molar-refractivity contribution in [3.05, 3.63) is 88.6 Å². The summed E-state index contributed by atoms with van der Waals surface area (Å²) in [5.74, 6) is 0.843. The molecule has 0 bridgehead atoms. The van der Waals surface area contributed by atoms with Gasteiger partial charge in [-0.05, 0) is 85.4 Å². The molecule has 5 rings (SSSR count). The molecule has 1 aromatic heterocycles. The molecule has 0 aliphatic carbocycles. The second-order valence-electron chi connectivity index (χ2n) is 11.7. The van der Waals surface area contributed by atoms with Gasteiger partial charge in [-0.3, -0.25) is 9.59 Å². The van der Waals surface area contributed by atoms with Gasteiger partial charge in [0.1, 0.15) is 23.9 Å². The summed E-state index contributed by atoms with van der Waals surface area (Å²) in [6.07, 6.45) is 3.15. The Morgan fingerprint density at radius 3 is 2.60 bits per heavy atom. The summed E-state index contributed by atoms with van der Waals surface area (Å²) in [4.78, 5) is 30.1. The number of nitrogens with zero attached hydrogens (tertiary/aromatic N) is 2. The quantitative estimate of drug-likeness (QED) is 0.412. The van der Waals surface area contributed by atoms with Crippen LogP contribution in [0.4, 0.5) is 4.39 Å². The van der Waals surface area contributed by atoms with Gasteiger partial charge in [-0.1, -0.05) is 39.0 Å². The minimum absolute atomic E-state index is 0.0144. The number of nitrogens with one attached hydrogen (secondary N) is 1. The molecule has 2 amide bonds. The SMILES string of the molecule is CC(C)(C)C(=O)N1CCc2ccc(OCc3ccc(C(=O)NCCN4CCCC4)o3)cc2[C@@H]1c1cccc(F)c1. The standard InChI is InChI=1S/C32H38FN3O4/c1-32(2,3)31(38)36-17-13-22-9-10-25(20-27(22)29(36)23-7-6-8-24(33)19-23)39-21-26-11-12-28(40-26)30(37)34-14-18-35-15-4-5-16-35/h6-12,19-20,29H,4-5,13-18,21H2,1-3H3,(H,34,37)/t29-/m0/s1. The van der Waals surface area contributed by atoms with Crippen LogP contribution < -0.4 is 10.1 Å². The molecule has 0 radical (unpaired) electrons. The molecular formula is C32H38FN3O4. The molecule has 0 saturated carbocycles. The fourth-order valence-corrected chi connectivity index (χ4v) is 5.52. The highest BCUT2D eigenvalue weighted by Gasteiger charge is 2.37. The smallest absolute Gasteiger partial charge is 0.287 e. The van der Waals surface area contributed by atoms with Crippen LogP contribution in [-0.4, -0.2) is 54.3 Å². The number of carbonyl (C=O) groups excluding carboxylic acids is 2. The maximum atomic E-state index is 14.3. The molecule has 0 spiro atoms. The second kappa shape index (κ2) is 11.8. The first kappa shape index (κ1) is 27.9. The minimum Gasteiger partial charge on any atom is -0.486 e. The average Bonchev–Trinajstić information content (AvgIpc) is 3.63. The van der Waals surface area contributed by atoms with Crippen LogP contribution in [0.3, 0.4) is 0 Å². The topological polar surface area (TPSA) is 75.0 Å². The molecule has 7 nitrogen and oxygen atoms in total. The largest absolute Gasteiger partial charge is 0.486 e. The number of benzene rings is 2. The number of rotatable bonds is 8. The van der Waals surface area contributed by atoms with E-state index >= 15 is 0 Å². The van der Waals surface area contributed by atoms with Crippen molar-refractivity contribution in [2.45, 2.75) is 52.7 Å². The van der Waals surface area contributed by atoms with Crippen molar-refractivity contribution in [3.8, 4) is 5.75 Å². The molecule has 0 unspecified atom stereocenters. The molecule has 3 aromatic rings. The molecule has 212 valence electrons. The fourth-order valence-electron chi connectivity index (χ4n) is 5.52. The van der Waals surface area contributed by atoms with Crippen LogP contribution in [0.5, 0.6) is 5.75 Å². The number of halogens is 1. The predicted molar refractivity (Wildman–Crippen MR) is 151 cm³/mol. The maximum Gasteiger partial charge on any atom is 0.287 e. The lowest BCUT2D eigenvalue weighted by Gasteiger charge is -2.41. The van der Waals surface area contributed by atoms with Crippen LogP contribution in [0.25, 0.3) is 0 Å². The molecule has 1 saturated heterocycles. The Hall–Kier alpha value is -3.65. The molecule has 40 heavy (non-hydrogen) atoms. The van der Waals surface area contributed by atoms with Crippen molar-refractivity contribution in [1.29, 1.82) is 0 Å². The summed E-state index contributed by atoms with van der Waals surface area (Å²) < 4.78 is 26.1. The van der Waals surface area contributed by atoms with E-state index in [9.17, 15) is 14.0 Å². The predicted octanol–water partition coefficient (Wildman–Crippen LogP) is 5.34. The number of fused-ring (bicyclic) bond motifs is 1. The first-order valence-corrected chi connectivity index (χ1v) is 14.1. The summed E-state index contributed by atoms with van der Waals surface area (Å²) in [6, 6.07) is 15.3. The van der Waals surface area contributed by atoms with Crippen LogP contribution in [-0.2, 0) is 17.8 Å². The van der Waals surface area contributed by atoms with Crippen LogP contribution >= 0.6 is 0 Å². The first-order valence-electron chi connectivity index (χ1n) is 14.1. The zero-order valence-electron chi connectivity index (χ0n) is 23.5. The van der Waals surface area contributed by atoms with Crippen LogP contribution in [0, 0.1) is 11.2 Å². The van der Waals surface area contributed by atoms with Crippen LogP contribution in [0.15, 0.2) is 59.0 Å². The van der Waals surface area contributed by atoms with E-state index in [1.807, 2.05) is 49.9 Å². The van der Waals surface area contributed by atoms with Gasteiger partial charge in [0.05, 0.1) is 6.04 Å². The van der Waals surface area contributed by atoms with Gasteiger partial charge in [0.15, 0.2) is 5.76 Å². The van der Waals surface area contributed by atoms with Gasteiger partial charge in [-0.25, -0.2) is 4.39 Å². The second-order valence-corrected chi connectivity index (χ2v) is 11.7. The van der Waals surface area contributed by atoms with Crippen LogP contribution in [0.1, 0.15) is 72.7 Å². The Balaban J connectivity index is 1.29. The van der Waals surface area contributed by atoms with Gasteiger partial charge in [0, 0.05) is 25.0 Å². The Morgan fingerprint density at radius 1 is 1.05 bits per heavy atom. The minimum atomic E-state index is -0.575. The monoisotopic (exact) mass is 547 g/mol. The zero-order chi connectivity index (χ0) is 28.3. The van der Waals surface area contributed by atoms with Crippen molar-refractivity contribution >= 4 is 11.8 Å². The van der Waals surface area contributed by atoms with E-state index in [1.54, 1.807) is 18.2 Å². The third-order valence-electron chi connectivity index (χ3n) is 7.59. The van der Waals surface area contributed by atoms with Crippen LogP contribution in [0.2, 0.25) is 0 Å². The number of hydrogen-bond donors (Lipinski definition) is 1. The molecule has 1 N–H and O–H groups in total. The Labute approximate surface area is 235 Å². The molecular weight excluding hydrogens is 509 g/mol. The number of likely N-dealkylation sites (tertiary alicyclic amines) is 1. The third kappa shape index (κ3) is 6.39. The lowest BCUT2D eigenvalue weighted by molar-refractivity contribution is -0.141. The molecule has 8 heteroatoms. The Kier molecular flexibility index (Phi) is 8.26. The molecule has 1 fully saturated rings. The number of ether oxygens (including phenoxy) is 1. The Bertz CT molecular complexity index is 1360. The highest BCUT2D eigenvalue weighted by atomic mass is 19.1. The van der Waals surface area contributed by atoms with Gasteiger partial charge in [-0.15, -0.1) is 0 Å². The van der Waals surface area contributed by atoms with E-state index in [0.717, 1.165) is 36.3 Å². The van der Waals surface area contributed by atoms with Gasteiger partial charge < -0.3 is 24.3 Å². The molecule has 2 aliphatic heterocycles. The number of amides is 2. The van der Waals surface area contributed by atoms with E-state index in [0.29, 0.717) is 31.0 Å². The number of hydrogen-bond acceptors (Lipinski definition) is 5. The van der Waals surface area contributed by atoms with E-state index < -0.39 is 11.5 Å². The first-order chi connectivity index (χ1) is 19.2. The summed E-state index contributed by atoms with van der Waals surface area (Å²) in [6.45, 7) is 10.0. The zero-order valence-corrected chi connectivity index (χ0v) is 23.5. The van der Waals surface area contributed by atoms with E-state index in [2.05, 4.69) is 10.2 Å². The van der Waals surface area contributed by atoms with Crippen molar-refractivity contribution in [3.63, 3.8) is 0 Å². The third-order valence-corrected chi connectivity index (χ3v) is 7.59. The average molecular weight is 548 g/mol. The lowest BCUT2D eigenvalue weighted by Crippen LogP contribution is -2.45. The molecule has 2 aromatic carbocycles. The summed E-state index contributed by atoms with van der Waals surface area (Å²) in [5.41, 5.74) is 2.17. The van der Waals surface area contributed by atoms with Crippen molar-refractivity contribution in [2.75, 3.05) is 32.7 Å². The molecule has 2 aliphatic rings. The van der Waals surface area contributed by atoms with E-state index in [4.69, 9.17) is 9.15 Å². The van der Waals surface area contributed by atoms with E-state index in [-0.39, 0.29) is 30.0 Å². The summed E-state index contributed by atoms with van der Waals surface area (Å²) in [5, 5.41) is 2.92. The normalized spacial score (nSPS) is 17.5. The summed E-state index contributed by atoms with van der Waals surface area (Å²) in [7, 11) is 0. The van der Waals surface area contributed by atoms with Gasteiger partial charge in [-0.2, -0.15) is 0 Å². The number of furan rings is 1. The summed E-state index contributed by atoms with van der Waals surface area (Å²) >= 11 is 0. The highest BCUT2D eigenvalue weighted by Crippen LogP contribution is 2.39. The number of carbonyl (C=O) groups is 2. The van der Waals surface area contributed by atoms with Crippen molar-refractivity contribution in [2.24, 2.45) is 5.41 Å². The van der Waals surface area contributed by atoms with Gasteiger partial charge in [0.2, 0.25) is 5.91 Å². The van der Waals surface area contributed by atoms with Crippen molar-refractivity contribution < 1.29 is 23.1 Å². The maximum absolute atomic E-state index is 14.3. The van der Waals surface area contributed by atoms with Gasteiger partial charge >= 0.3 is 0 Å². The Morgan fingerprint density at radius 2 is 1.85 bits per heavy atom. The fraction of sp³-hybridized carbons (Fsp3) is 0.438. The van der Waals surface area contributed by atoms with E-state index in [1.165, 1.54) is 25.0 Å². The van der Waals surface area contributed by atoms with Crippen molar-refractivity contribution in [1.82, 2.24) is 15.1 Å². The molecule has 1 atom stereocenters. The lowest BCUT2D eigenvalue weighted by atomic mass is 9.85. The molecule has 3 heterocycles.